The highest BCUT2D eigenvalue weighted by atomic mass is 16.5. The van der Waals surface area contributed by atoms with Crippen molar-refractivity contribution >= 4 is 23.6 Å². The van der Waals surface area contributed by atoms with E-state index in [4.69, 9.17) is 9.47 Å². The van der Waals surface area contributed by atoms with Crippen molar-refractivity contribution in [2.45, 2.75) is 6.92 Å². The molecule has 0 aliphatic rings. The molecule has 6 heteroatoms. The Bertz CT molecular complexity index is 1090. The first-order valence-electron chi connectivity index (χ1n) is 9.69. The minimum absolute atomic E-state index is 0.0704. The normalized spacial score (nSPS) is 10.9. The van der Waals surface area contributed by atoms with E-state index in [9.17, 15) is 9.59 Å². The van der Waals surface area contributed by atoms with Gasteiger partial charge >= 0.3 is 0 Å². The van der Waals surface area contributed by atoms with E-state index >= 15 is 0 Å². The fraction of sp³-hybridized carbons (Fsp3) is 0.120. The maximum absolute atomic E-state index is 13.1. The molecule has 0 aliphatic heterocycles. The summed E-state index contributed by atoms with van der Waals surface area (Å²) in [4.78, 5) is 25.8. The Hall–Kier alpha value is -4.06. The van der Waals surface area contributed by atoms with Crippen molar-refractivity contribution in [1.82, 2.24) is 5.32 Å². The summed E-state index contributed by atoms with van der Waals surface area (Å²) >= 11 is 0. The molecule has 0 atom stereocenters. The predicted octanol–water partition coefficient (Wildman–Crippen LogP) is 4.42. The summed E-state index contributed by atoms with van der Waals surface area (Å²) in [5.74, 6) is 0.120. The van der Waals surface area contributed by atoms with E-state index in [1.165, 1.54) is 14.2 Å². The molecule has 0 heterocycles. The third-order valence-electron chi connectivity index (χ3n) is 4.57. The molecule has 3 aromatic rings. The van der Waals surface area contributed by atoms with E-state index in [1.54, 1.807) is 60.7 Å². The molecule has 0 radical (unpaired) electrons. The number of carbonyl (C=O) groups is 2. The van der Waals surface area contributed by atoms with Crippen molar-refractivity contribution < 1.29 is 19.1 Å². The van der Waals surface area contributed by atoms with Gasteiger partial charge in [0.1, 0.15) is 5.70 Å². The van der Waals surface area contributed by atoms with Gasteiger partial charge in [-0.15, -0.1) is 0 Å². The maximum Gasteiger partial charge on any atom is 0.272 e. The molecule has 158 valence electrons. The largest absolute Gasteiger partial charge is 0.493 e. The molecule has 0 saturated heterocycles. The van der Waals surface area contributed by atoms with E-state index in [0.717, 1.165) is 5.56 Å². The van der Waals surface area contributed by atoms with Crippen LogP contribution in [0, 0.1) is 6.92 Å². The monoisotopic (exact) mass is 416 g/mol. The lowest BCUT2D eigenvalue weighted by Crippen LogP contribution is -2.30. The number of nitrogens with one attached hydrogen (secondary N) is 2. The Kier molecular flexibility index (Phi) is 7.06. The first kappa shape index (κ1) is 21.6. The molecule has 2 amide bonds. The number of hydrogen-bond donors (Lipinski definition) is 2. The molecule has 0 aliphatic carbocycles. The quantitative estimate of drug-likeness (QED) is 0.559. The van der Waals surface area contributed by atoms with Crippen molar-refractivity contribution in [2.75, 3.05) is 19.5 Å². The highest BCUT2D eigenvalue weighted by molar-refractivity contribution is 6.10. The van der Waals surface area contributed by atoms with Crippen LogP contribution in [0.25, 0.3) is 6.08 Å². The summed E-state index contributed by atoms with van der Waals surface area (Å²) in [6.07, 6.45) is 1.56. The summed E-state index contributed by atoms with van der Waals surface area (Å²) < 4.78 is 10.8. The van der Waals surface area contributed by atoms with E-state index < -0.39 is 11.8 Å². The summed E-state index contributed by atoms with van der Waals surface area (Å²) in [7, 11) is 3.05. The second-order valence-corrected chi connectivity index (χ2v) is 6.78. The number of ether oxygens (including phenoxy) is 2. The van der Waals surface area contributed by atoms with Crippen LogP contribution in [-0.2, 0) is 4.79 Å². The van der Waals surface area contributed by atoms with E-state index in [2.05, 4.69) is 10.6 Å². The van der Waals surface area contributed by atoms with Gasteiger partial charge in [0.2, 0.25) is 0 Å². The summed E-state index contributed by atoms with van der Waals surface area (Å²) in [6, 6.07) is 21.4. The van der Waals surface area contributed by atoms with Crippen molar-refractivity contribution in [3.63, 3.8) is 0 Å². The van der Waals surface area contributed by atoms with Gasteiger partial charge in [-0.25, -0.2) is 0 Å². The number of aryl methyl sites for hydroxylation is 1. The molecule has 2 N–H and O–H groups in total. The van der Waals surface area contributed by atoms with Crippen LogP contribution in [-0.4, -0.2) is 26.0 Å². The lowest BCUT2D eigenvalue weighted by molar-refractivity contribution is -0.113. The SMILES string of the molecule is COc1cccc(C=C(NC(=O)c2ccccc2)C(=O)Nc2ccc(C)cc2)c1OC. The number of amides is 2. The van der Waals surface area contributed by atoms with Crippen LogP contribution >= 0.6 is 0 Å². The highest BCUT2D eigenvalue weighted by Gasteiger charge is 2.17. The van der Waals surface area contributed by atoms with E-state index in [1.807, 2.05) is 25.1 Å². The average Bonchev–Trinajstić information content (AvgIpc) is 2.80. The van der Waals surface area contributed by atoms with E-state index in [-0.39, 0.29) is 5.70 Å². The van der Waals surface area contributed by atoms with Crippen LogP contribution in [0.15, 0.2) is 78.5 Å². The number of hydrogen-bond acceptors (Lipinski definition) is 4. The molecule has 0 fully saturated rings. The molecule has 0 saturated carbocycles. The number of carbonyl (C=O) groups excluding carboxylic acids is 2. The van der Waals surface area contributed by atoms with Crippen molar-refractivity contribution in [3.05, 3.63) is 95.2 Å². The standard InChI is InChI=1S/C25H24N2O4/c1-17-12-14-20(15-13-17)26-25(29)21(27-24(28)18-8-5-4-6-9-18)16-19-10-7-11-22(30-2)23(19)31-3/h4-16H,1-3H3,(H,26,29)(H,27,28). The van der Waals surface area contributed by atoms with Crippen LogP contribution in [0.1, 0.15) is 21.5 Å². The van der Waals surface area contributed by atoms with Gasteiger partial charge in [-0.1, -0.05) is 48.0 Å². The molecule has 3 rings (SSSR count). The second kappa shape index (κ2) is 10.1. The minimum Gasteiger partial charge on any atom is -0.493 e. The van der Waals surface area contributed by atoms with Crippen molar-refractivity contribution in [3.8, 4) is 11.5 Å². The van der Waals surface area contributed by atoms with Gasteiger partial charge < -0.3 is 20.1 Å². The van der Waals surface area contributed by atoms with Gasteiger partial charge in [0, 0.05) is 16.8 Å². The zero-order chi connectivity index (χ0) is 22.2. The predicted molar refractivity (Wildman–Crippen MR) is 121 cm³/mol. The summed E-state index contributed by atoms with van der Waals surface area (Å²) in [6.45, 7) is 1.96. The smallest absolute Gasteiger partial charge is 0.272 e. The molecule has 3 aromatic carbocycles. The highest BCUT2D eigenvalue weighted by Crippen LogP contribution is 2.32. The third-order valence-corrected chi connectivity index (χ3v) is 4.57. The Balaban J connectivity index is 1.97. The lowest BCUT2D eigenvalue weighted by atomic mass is 10.1. The zero-order valence-corrected chi connectivity index (χ0v) is 17.6. The van der Waals surface area contributed by atoms with Crippen LogP contribution < -0.4 is 20.1 Å². The Morgan fingerprint density at radius 1 is 0.839 bits per heavy atom. The molecule has 0 aromatic heterocycles. The third kappa shape index (κ3) is 5.51. The van der Waals surface area contributed by atoms with Crippen LogP contribution in [0.5, 0.6) is 11.5 Å². The fourth-order valence-corrected chi connectivity index (χ4v) is 2.96. The van der Waals surface area contributed by atoms with Crippen LogP contribution in [0.2, 0.25) is 0 Å². The number of rotatable bonds is 7. The summed E-state index contributed by atoms with van der Waals surface area (Å²) in [5.41, 5.74) is 2.79. The molecular weight excluding hydrogens is 392 g/mol. The Morgan fingerprint density at radius 2 is 1.55 bits per heavy atom. The molecular formula is C25H24N2O4. The molecule has 31 heavy (non-hydrogen) atoms. The minimum atomic E-state index is -0.460. The van der Waals surface area contributed by atoms with E-state index in [0.29, 0.717) is 28.3 Å². The Morgan fingerprint density at radius 3 is 2.19 bits per heavy atom. The number of para-hydroxylation sites is 1. The summed E-state index contributed by atoms with van der Waals surface area (Å²) in [5, 5.41) is 5.53. The first-order chi connectivity index (χ1) is 15.0. The molecule has 0 spiro atoms. The van der Waals surface area contributed by atoms with Gasteiger partial charge in [-0.05, 0) is 43.3 Å². The fourth-order valence-electron chi connectivity index (χ4n) is 2.96. The zero-order valence-electron chi connectivity index (χ0n) is 17.6. The van der Waals surface area contributed by atoms with Gasteiger partial charge in [0.25, 0.3) is 11.8 Å². The number of benzene rings is 3. The molecule has 6 nitrogen and oxygen atoms in total. The lowest BCUT2D eigenvalue weighted by Gasteiger charge is -2.14. The molecule has 0 unspecified atom stereocenters. The van der Waals surface area contributed by atoms with Gasteiger partial charge in [0.05, 0.1) is 14.2 Å². The van der Waals surface area contributed by atoms with Crippen molar-refractivity contribution in [2.24, 2.45) is 0 Å². The van der Waals surface area contributed by atoms with Gasteiger partial charge in [-0.3, -0.25) is 9.59 Å². The van der Waals surface area contributed by atoms with Crippen molar-refractivity contribution in [1.29, 1.82) is 0 Å². The maximum atomic E-state index is 13.1. The number of methoxy groups -OCH3 is 2. The van der Waals surface area contributed by atoms with Gasteiger partial charge in [-0.2, -0.15) is 0 Å². The average molecular weight is 416 g/mol. The van der Waals surface area contributed by atoms with Crippen LogP contribution in [0.3, 0.4) is 0 Å². The molecule has 0 bridgehead atoms. The van der Waals surface area contributed by atoms with Gasteiger partial charge in [0.15, 0.2) is 11.5 Å². The second-order valence-electron chi connectivity index (χ2n) is 6.78. The Labute approximate surface area is 181 Å². The number of anilines is 1. The van der Waals surface area contributed by atoms with Crippen LogP contribution in [0.4, 0.5) is 5.69 Å². The first-order valence-corrected chi connectivity index (χ1v) is 9.69. The topological polar surface area (TPSA) is 76.7 Å².